The molecule has 0 unspecified atom stereocenters. The smallest absolute Gasteiger partial charge is 0.0784 e. The summed E-state index contributed by atoms with van der Waals surface area (Å²) in [5.74, 6) is 0. The largest absolute Gasteiger partial charge is 1.00 e. The summed E-state index contributed by atoms with van der Waals surface area (Å²) in [6.45, 7) is 11.2. The van der Waals surface area contributed by atoms with Crippen molar-refractivity contribution in [3.05, 3.63) is 0 Å². The van der Waals surface area contributed by atoms with Crippen molar-refractivity contribution < 1.29 is 16.9 Å². The predicted octanol–water partition coefficient (Wildman–Crippen LogP) is 9.42. The Morgan fingerprint density at radius 2 is 0.486 bits per heavy atom. The lowest BCUT2D eigenvalue weighted by atomic mass is 10.0. The van der Waals surface area contributed by atoms with Gasteiger partial charge >= 0.3 is 0 Å². The molecular weight excluding hydrogens is 470 g/mol. The highest BCUT2D eigenvalue weighted by molar-refractivity contribution is 4.52. The second-order valence-corrected chi connectivity index (χ2v) is 12.6. The van der Waals surface area contributed by atoms with Crippen LogP contribution in [0.15, 0.2) is 0 Å². The summed E-state index contributed by atoms with van der Waals surface area (Å²) in [6, 6.07) is 0. The Bertz CT molecular complexity index is 365. The average molecular weight is 544 g/mol. The van der Waals surface area contributed by atoms with Crippen molar-refractivity contribution in [3.63, 3.8) is 0 Å². The minimum Gasteiger partial charge on any atom is -1.00 e. The molecule has 0 aliphatic rings. The maximum atomic E-state index is 2.52. The van der Waals surface area contributed by atoms with Crippen LogP contribution in [0, 0.1) is 0 Å². The Morgan fingerprint density at radius 1 is 0.297 bits per heavy atom. The van der Waals surface area contributed by atoms with Crippen LogP contribution in [0.4, 0.5) is 0 Å². The van der Waals surface area contributed by atoms with E-state index in [1.54, 1.807) is 0 Å². The Hall–Kier alpha value is 0.250. The van der Waals surface area contributed by atoms with Crippen molar-refractivity contribution in [3.8, 4) is 0 Å². The summed E-state index contributed by atoms with van der Waals surface area (Å²) in [7, 11) is 2.52. The van der Waals surface area contributed by atoms with Crippen molar-refractivity contribution in [2.45, 2.75) is 201 Å². The van der Waals surface area contributed by atoms with Gasteiger partial charge in [0.2, 0.25) is 0 Å². The van der Waals surface area contributed by atoms with E-state index in [9.17, 15) is 0 Å². The Kier molecular flexibility index (Phi) is 34.6. The minimum absolute atomic E-state index is 0. The molecule has 0 aliphatic carbocycles. The predicted molar refractivity (Wildman–Crippen MR) is 167 cm³/mol. The van der Waals surface area contributed by atoms with Gasteiger partial charge in [0.15, 0.2) is 0 Å². The molecule has 37 heavy (non-hydrogen) atoms. The van der Waals surface area contributed by atoms with E-state index in [4.69, 9.17) is 0 Å². The van der Waals surface area contributed by atoms with Crippen LogP contribution >= 0.6 is 0 Å². The summed E-state index contributed by atoms with van der Waals surface area (Å²) in [6.07, 6.45) is 41.0. The molecule has 0 saturated carbocycles. The number of quaternary nitrogens is 1. The molecule has 2 heteroatoms. The molecule has 0 aromatic carbocycles. The highest BCUT2D eigenvalue weighted by atomic mass is 35.5. The first-order valence-electron chi connectivity index (χ1n) is 17.5. The van der Waals surface area contributed by atoms with Crippen LogP contribution in [0.1, 0.15) is 201 Å². The molecule has 0 aromatic heterocycles. The van der Waals surface area contributed by atoms with E-state index in [1.165, 1.54) is 204 Å². The number of rotatable bonds is 31. The summed E-state index contributed by atoms with van der Waals surface area (Å²) in [4.78, 5) is 0. The number of unbranched alkanes of at least 4 members (excludes halogenated alkanes) is 26. The second kappa shape index (κ2) is 32.5. The number of nitrogens with zero attached hydrogens (tertiary/aromatic N) is 1. The molecule has 0 radical (unpaired) electrons. The van der Waals surface area contributed by atoms with E-state index in [-0.39, 0.29) is 12.4 Å². The molecule has 0 aromatic rings. The Labute approximate surface area is 243 Å². The first-order chi connectivity index (χ1) is 17.7. The molecule has 0 amide bonds. The molecular formula is C35H74ClN. The molecule has 0 bridgehead atoms. The normalized spacial score (nSPS) is 11.7. The van der Waals surface area contributed by atoms with Gasteiger partial charge < -0.3 is 16.9 Å². The van der Waals surface area contributed by atoms with Crippen LogP contribution in [0.2, 0.25) is 0 Å². The monoisotopic (exact) mass is 544 g/mol. The SMILES string of the molecule is CCCCCCCCCCCCCCCC[N+](C)(CC)CCCCCCCCCCCCCCCC.[Cl-]. The fraction of sp³-hybridized carbons (Fsp3) is 1.00. The van der Waals surface area contributed by atoms with Gasteiger partial charge in [0.05, 0.1) is 26.7 Å². The van der Waals surface area contributed by atoms with Gasteiger partial charge in [-0.05, 0) is 32.6 Å². The molecule has 0 aliphatic heterocycles. The third kappa shape index (κ3) is 30.6. The summed E-state index contributed by atoms with van der Waals surface area (Å²) < 4.78 is 1.32. The third-order valence-corrected chi connectivity index (χ3v) is 8.87. The van der Waals surface area contributed by atoms with Crippen molar-refractivity contribution in [2.24, 2.45) is 0 Å². The first-order valence-corrected chi connectivity index (χ1v) is 17.5. The van der Waals surface area contributed by atoms with Crippen LogP contribution in [-0.4, -0.2) is 31.2 Å². The van der Waals surface area contributed by atoms with Crippen molar-refractivity contribution in [2.75, 3.05) is 26.7 Å². The lowest BCUT2D eigenvalue weighted by Crippen LogP contribution is -3.00. The Morgan fingerprint density at radius 3 is 0.676 bits per heavy atom. The van der Waals surface area contributed by atoms with Gasteiger partial charge in [-0.1, -0.05) is 168 Å². The van der Waals surface area contributed by atoms with Crippen LogP contribution in [0.3, 0.4) is 0 Å². The van der Waals surface area contributed by atoms with Crippen molar-refractivity contribution in [1.82, 2.24) is 0 Å². The molecule has 0 atom stereocenters. The third-order valence-electron chi connectivity index (χ3n) is 8.87. The fourth-order valence-corrected chi connectivity index (χ4v) is 5.80. The molecule has 0 fully saturated rings. The first kappa shape index (κ1) is 39.4. The van der Waals surface area contributed by atoms with Crippen molar-refractivity contribution in [1.29, 1.82) is 0 Å². The van der Waals surface area contributed by atoms with Crippen molar-refractivity contribution >= 4 is 0 Å². The van der Waals surface area contributed by atoms with Gasteiger partial charge in [0.25, 0.3) is 0 Å². The molecule has 0 heterocycles. The van der Waals surface area contributed by atoms with E-state index >= 15 is 0 Å². The van der Waals surface area contributed by atoms with Crippen LogP contribution in [-0.2, 0) is 0 Å². The average Bonchev–Trinajstić information content (AvgIpc) is 2.89. The quantitative estimate of drug-likeness (QED) is 0.0603. The van der Waals surface area contributed by atoms with Gasteiger partial charge in [-0.15, -0.1) is 0 Å². The number of hydrogen-bond donors (Lipinski definition) is 0. The molecule has 0 saturated heterocycles. The minimum atomic E-state index is 0. The molecule has 226 valence electrons. The lowest BCUT2D eigenvalue weighted by molar-refractivity contribution is -0.908. The van der Waals surface area contributed by atoms with E-state index in [0.717, 1.165) is 0 Å². The maximum absolute atomic E-state index is 2.52. The molecule has 0 spiro atoms. The summed E-state index contributed by atoms with van der Waals surface area (Å²) in [5, 5.41) is 0. The van der Waals surface area contributed by atoms with Gasteiger partial charge in [0.1, 0.15) is 0 Å². The van der Waals surface area contributed by atoms with Crippen LogP contribution in [0.25, 0.3) is 0 Å². The standard InChI is InChI=1S/C35H74N.ClH/c1-5-8-10-12-14-16-18-20-22-24-26-28-30-32-34-36(4,7-3)35-33-31-29-27-25-23-21-19-17-15-13-11-9-6-2;/h5-35H2,1-4H3;1H/q+1;/p-1. The van der Waals surface area contributed by atoms with Crippen LogP contribution in [0.5, 0.6) is 0 Å². The van der Waals surface area contributed by atoms with Crippen LogP contribution < -0.4 is 12.4 Å². The zero-order valence-corrected chi connectivity index (χ0v) is 27.5. The van der Waals surface area contributed by atoms with Gasteiger partial charge in [-0.25, -0.2) is 0 Å². The van der Waals surface area contributed by atoms with E-state index in [0.29, 0.717) is 0 Å². The molecule has 0 N–H and O–H groups in total. The fourth-order valence-electron chi connectivity index (χ4n) is 5.80. The second-order valence-electron chi connectivity index (χ2n) is 12.6. The summed E-state index contributed by atoms with van der Waals surface area (Å²) in [5.41, 5.74) is 0. The lowest BCUT2D eigenvalue weighted by Gasteiger charge is -2.33. The molecule has 0 rings (SSSR count). The van der Waals surface area contributed by atoms with Gasteiger partial charge in [-0.3, -0.25) is 0 Å². The maximum Gasteiger partial charge on any atom is 0.0784 e. The Balaban J connectivity index is 0. The zero-order chi connectivity index (χ0) is 26.4. The van der Waals surface area contributed by atoms with Gasteiger partial charge in [0, 0.05) is 0 Å². The molecule has 1 nitrogen and oxygen atoms in total. The topological polar surface area (TPSA) is 0 Å². The zero-order valence-electron chi connectivity index (χ0n) is 26.7. The highest BCUT2D eigenvalue weighted by Gasteiger charge is 2.17. The van der Waals surface area contributed by atoms with E-state index < -0.39 is 0 Å². The van der Waals surface area contributed by atoms with E-state index in [2.05, 4.69) is 27.8 Å². The van der Waals surface area contributed by atoms with E-state index in [1.807, 2.05) is 0 Å². The number of halogens is 1. The van der Waals surface area contributed by atoms with Gasteiger partial charge in [-0.2, -0.15) is 0 Å². The highest BCUT2D eigenvalue weighted by Crippen LogP contribution is 2.16. The number of hydrogen-bond acceptors (Lipinski definition) is 0. The summed E-state index contributed by atoms with van der Waals surface area (Å²) >= 11 is 0.